The lowest BCUT2D eigenvalue weighted by atomic mass is 9.84. The van der Waals surface area contributed by atoms with E-state index >= 15 is 0 Å². The summed E-state index contributed by atoms with van der Waals surface area (Å²) in [5.74, 6) is -6.33. The number of rotatable bonds is 9. The highest BCUT2D eigenvalue weighted by Gasteiger charge is 2.50. The van der Waals surface area contributed by atoms with E-state index in [9.17, 15) is 29.7 Å². The topological polar surface area (TPSA) is 189 Å². The molecule has 1 fully saturated rings. The van der Waals surface area contributed by atoms with Gasteiger partial charge >= 0.3 is 11.9 Å². The molecule has 0 aromatic rings. The lowest BCUT2D eigenvalue weighted by Gasteiger charge is -2.43. The maximum Gasteiger partial charge on any atom is 0.364 e. The number of aliphatic carboxylic acids is 1. The fourth-order valence-electron chi connectivity index (χ4n) is 2.84. The molecule has 11 heteroatoms. The van der Waals surface area contributed by atoms with Crippen LogP contribution in [0.2, 0.25) is 0 Å². The van der Waals surface area contributed by atoms with E-state index in [0.717, 1.165) is 0 Å². The zero-order valence-electron chi connectivity index (χ0n) is 16.2. The SMILES string of the molecule is CC(=O)NCC1C(O)CC(O)(C(=O)O)OC1C[C@H](O)COC(=O)[C@@H](N)C(C)C. The zero-order chi connectivity index (χ0) is 21.6. The lowest BCUT2D eigenvalue weighted by molar-refractivity contribution is -0.287. The first-order valence-electron chi connectivity index (χ1n) is 9.03. The van der Waals surface area contributed by atoms with Gasteiger partial charge in [-0.15, -0.1) is 0 Å². The van der Waals surface area contributed by atoms with E-state index in [2.05, 4.69) is 5.32 Å². The summed E-state index contributed by atoms with van der Waals surface area (Å²) in [4.78, 5) is 34.2. The van der Waals surface area contributed by atoms with Gasteiger partial charge in [-0.3, -0.25) is 9.59 Å². The number of nitrogens with one attached hydrogen (secondary N) is 1. The summed E-state index contributed by atoms with van der Waals surface area (Å²) < 4.78 is 10.2. The molecule has 162 valence electrons. The van der Waals surface area contributed by atoms with Crippen molar-refractivity contribution >= 4 is 17.8 Å². The number of aliphatic hydroxyl groups is 3. The second kappa shape index (κ2) is 10.1. The van der Waals surface area contributed by atoms with E-state index in [1.165, 1.54) is 6.92 Å². The molecule has 1 heterocycles. The van der Waals surface area contributed by atoms with E-state index in [1.807, 2.05) is 0 Å². The fourth-order valence-corrected chi connectivity index (χ4v) is 2.84. The van der Waals surface area contributed by atoms with Crippen molar-refractivity contribution in [2.45, 2.75) is 63.8 Å². The number of hydrogen-bond donors (Lipinski definition) is 6. The predicted molar refractivity (Wildman–Crippen MR) is 94.7 cm³/mol. The van der Waals surface area contributed by atoms with Crippen molar-refractivity contribution in [1.29, 1.82) is 0 Å². The van der Waals surface area contributed by atoms with Gasteiger partial charge in [0.15, 0.2) is 0 Å². The molecule has 1 aliphatic rings. The van der Waals surface area contributed by atoms with Gasteiger partial charge in [0.25, 0.3) is 5.79 Å². The smallest absolute Gasteiger partial charge is 0.364 e. The number of ether oxygens (including phenoxy) is 2. The number of carboxylic acids is 1. The second-order valence-corrected chi connectivity index (χ2v) is 7.41. The van der Waals surface area contributed by atoms with Gasteiger partial charge in [0.2, 0.25) is 5.91 Å². The number of nitrogens with two attached hydrogens (primary N) is 1. The molecule has 0 bridgehead atoms. The highest BCUT2D eigenvalue weighted by atomic mass is 16.7. The van der Waals surface area contributed by atoms with E-state index < -0.39 is 61.0 Å². The monoisotopic (exact) mass is 406 g/mol. The molecule has 0 aliphatic carbocycles. The van der Waals surface area contributed by atoms with Gasteiger partial charge in [-0.2, -0.15) is 0 Å². The zero-order valence-corrected chi connectivity index (χ0v) is 16.2. The molecule has 7 N–H and O–H groups in total. The average Bonchev–Trinajstić information content (AvgIpc) is 2.57. The minimum absolute atomic E-state index is 0.0540. The molecule has 11 nitrogen and oxygen atoms in total. The molecule has 1 rings (SSSR count). The summed E-state index contributed by atoms with van der Waals surface area (Å²) in [5, 5.41) is 42.2. The molecule has 0 aromatic carbocycles. The molecule has 6 atom stereocenters. The van der Waals surface area contributed by atoms with Crippen LogP contribution in [0.1, 0.15) is 33.6 Å². The average molecular weight is 406 g/mol. The fraction of sp³-hybridized carbons (Fsp3) is 0.824. The van der Waals surface area contributed by atoms with Gasteiger partial charge in [-0.25, -0.2) is 4.79 Å². The first-order chi connectivity index (χ1) is 12.9. The van der Waals surface area contributed by atoms with Gasteiger partial charge < -0.3 is 41.0 Å². The number of carbonyl (C=O) groups is 3. The van der Waals surface area contributed by atoms with Crippen LogP contribution in [0.5, 0.6) is 0 Å². The number of aliphatic hydroxyl groups excluding tert-OH is 2. The van der Waals surface area contributed by atoms with Gasteiger partial charge in [0.05, 0.1) is 18.3 Å². The second-order valence-electron chi connectivity index (χ2n) is 7.41. The van der Waals surface area contributed by atoms with E-state index in [1.54, 1.807) is 13.8 Å². The Hall–Kier alpha value is -1.79. The Labute approximate surface area is 162 Å². The van der Waals surface area contributed by atoms with Crippen LogP contribution in [0, 0.1) is 11.8 Å². The molecule has 4 unspecified atom stereocenters. The number of hydrogen-bond acceptors (Lipinski definition) is 9. The number of esters is 1. The molecule has 0 aromatic heterocycles. The Kier molecular flexibility index (Phi) is 8.76. The van der Waals surface area contributed by atoms with Crippen LogP contribution in [0.4, 0.5) is 0 Å². The van der Waals surface area contributed by atoms with Crippen LogP contribution >= 0.6 is 0 Å². The maximum atomic E-state index is 11.8. The number of carbonyl (C=O) groups excluding carboxylic acids is 2. The van der Waals surface area contributed by atoms with Gasteiger partial charge in [0.1, 0.15) is 12.6 Å². The quantitative estimate of drug-likeness (QED) is 0.232. The Morgan fingerprint density at radius 1 is 1.36 bits per heavy atom. The lowest BCUT2D eigenvalue weighted by Crippen LogP contribution is -2.58. The van der Waals surface area contributed by atoms with Crippen LogP contribution in [0.25, 0.3) is 0 Å². The summed E-state index contributed by atoms with van der Waals surface area (Å²) >= 11 is 0. The van der Waals surface area contributed by atoms with E-state index in [4.69, 9.17) is 20.3 Å². The molecule has 0 spiro atoms. The van der Waals surface area contributed by atoms with Gasteiger partial charge in [0, 0.05) is 32.2 Å². The Morgan fingerprint density at radius 3 is 2.46 bits per heavy atom. The van der Waals surface area contributed by atoms with E-state index in [-0.39, 0.29) is 24.8 Å². The largest absolute Gasteiger partial charge is 0.477 e. The number of amides is 1. The molecule has 1 aliphatic heterocycles. The van der Waals surface area contributed by atoms with Crippen molar-refractivity contribution in [2.24, 2.45) is 17.6 Å². The molecular weight excluding hydrogens is 376 g/mol. The summed E-state index contributed by atoms with van der Waals surface area (Å²) in [6.45, 7) is 4.26. The third kappa shape index (κ3) is 6.67. The Balaban J connectivity index is 2.79. The Bertz CT molecular complexity index is 571. The molecular formula is C17H30N2O9. The van der Waals surface area contributed by atoms with Crippen LogP contribution in [0.3, 0.4) is 0 Å². The molecule has 1 saturated heterocycles. The van der Waals surface area contributed by atoms with Crippen molar-refractivity contribution in [3.05, 3.63) is 0 Å². The van der Waals surface area contributed by atoms with Crippen LogP contribution < -0.4 is 11.1 Å². The highest BCUT2D eigenvalue weighted by molar-refractivity contribution is 5.76. The minimum atomic E-state index is -2.63. The minimum Gasteiger partial charge on any atom is -0.477 e. The van der Waals surface area contributed by atoms with Crippen LogP contribution in [-0.2, 0) is 23.9 Å². The van der Waals surface area contributed by atoms with Crippen molar-refractivity contribution in [3.63, 3.8) is 0 Å². The summed E-state index contributed by atoms with van der Waals surface area (Å²) in [5.41, 5.74) is 5.66. The molecule has 0 saturated carbocycles. The highest BCUT2D eigenvalue weighted by Crippen LogP contribution is 2.33. The van der Waals surface area contributed by atoms with Crippen molar-refractivity contribution in [2.75, 3.05) is 13.2 Å². The van der Waals surface area contributed by atoms with Crippen molar-refractivity contribution in [3.8, 4) is 0 Å². The molecule has 1 amide bonds. The summed E-state index contributed by atoms with van der Waals surface area (Å²) in [6, 6.07) is -0.857. The third-order valence-corrected chi connectivity index (χ3v) is 4.64. The van der Waals surface area contributed by atoms with Crippen molar-refractivity contribution < 1.29 is 44.3 Å². The van der Waals surface area contributed by atoms with Gasteiger partial charge in [-0.05, 0) is 5.92 Å². The first kappa shape index (κ1) is 24.2. The summed E-state index contributed by atoms with van der Waals surface area (Å²) in [7, 11) is 0. The van der Waals surface area contributed by atoms with Crippen LogP contribution in [0.15, 0.2) is 0 Å². The van der Waals surface area contributed by atoms with E-state index in [0.29, 0.717) is 0 Å². The Morgan fingerprint density at radius 2 is 1.96 bits per heavy atom. The van der Waals surface area contributed by atoms with Crippen LogP contribution in [-0.4, -0.2) is 81.6 Å². The normalized spacial score (nSPS) is 29.8. The van der Waals surface area contributed by atoms with Crippen molar-refractivity contribution in [1.82, 2.24) is 5.32 Å². The van der Waals surface area contributed by atoms with Gasteiger partial charge in [-0.1, -0.05) is 13.8 Å². The first-order valence-corrected chi connectivity index (χ1v) is 9.03. The molecule has 0 radical (unpaired) electrons. The maximum absolute atomic E-state index is 11.8. The standard InChI is InChI=1S/C17H30N2O9/c1-8(2)14(18)15(23)27-7-10(21)4-13-11(6-19-9(3)20)12(22)5-17(26,28-13)16(24)25/h8,10-14,21-22,26H,4-7,18H2,1-3H3,(H,19,20)(H,24,25)/t10-,11?,12?,13?,14-,17?/m0/s1. The predicted octanol–water partition coefficient (Wildman–Crippen LogP) is -2.06. The summed E-state index contributed by atoms with van der Waals surface area (Å²) in [6.07, 6.45) is -4.55. The third-order valence-electron chi connectivity index (χ3n) is 4.64. The number of carboxylic acid groups (broad SMARTS) is 1. The molecule has 28 heavy (non-hydrogen) atoms.